The van der Waals surface area contributed by atoms with E-state index in [-0.39, 0.29) is 116 Å². The van der Waals surface area contributed by atoms with Gasteiger partial charge in [0.15, 0.2) is 0 Å². The number of halogens is 8. The number of hydrogen-bond acceptors (Lipinski definition) is 11. The molecule has 13 nitrogen and oxygen atoms in total. The van der Waals surface area contributed by atoms with Gasteiger partial charge in [0.2, 0.25) is 11.8 Å². The molecule has 6 fully saturated rings. The van der Waals surface area contributed by atoms with Crippen LogP contribution >= 0.6 is 23.2 Å². The van der Waals surface area contributed by atoms with Crippen LogP contribution in [0.1, 0.15) is 80.3 Å². The molecule has 6 aromatic carbocycles. The van der Waals surface area contributed by atoms with E-state index in [4.69, 9.17) is 56.9 Å². The molecule has 8 heterocycles. The first kappa shape index (κ1) is 56.2. The summed E-state index contributed by atoms with van der Waals surface area (Å²) in [6.07, 6.45) is 2.60. The highest BCUT2D eigenvalue weighted by Crippen LogP contribution is 2.52. The predicted octanol–water partition coefficient (Wildman–Crippen LogP) is 14.3. The lowest BCUT2D eigenvalue weighted by Crippen LogP contribution is -2.56. The Bertz CT molecular complexity index is 4160. The van der Waals surface area contributed by atoms with E-state index in [0.29, 0.717) is 60.1 Å². The number of carbonyl (C=O) groups is 2. The van der Waals surface area contributed by atoms with E-state index in [2.05, 4.69) is 9.97 Å². The molecule has 6 aliphatic rings. The summed E-state index contributed by atoms with van der Waals surface area (Å²) in [5.74, 6) is -4.54. The molecule has 0 unspecified atom stereocenters. The first-order chi connectivity index (χ1) is 42.0. The second kappa shape index (κ2) is 22.3. The zero-order valence-corrected chi connectivity index (χ0v) is 47.4. The first-order valence-electron chi connectivity index (χ1n) is 28.0. The Morgan fingerprint density at radius 2 is 0.920 bits per heavy atom. The van der Waals surface area contributed by atoms with Crippen molar-refractivity contribution in [3.63, 3.8) is 0 Å². The summed E-state index contributed by atoms with van der Waals surface area (Å²) in [6, 6.07) is 31.2. The molecule has 0 atom stereocenters. The van der Waals surface area contributed by atoms with Gasteiger partial charge in [0.1, 0.15) is 59.8 Å². The van der Waals surface area contributed by atoms with Crippen LogP contribution in [0, 0.1) is 46.7 Å². The molecule has 440 valence electrons. The first-order valence-corrected chi connectivity index (χ1v) is 28.8. The monoisotopic (exact) mass is 1220 g/mol. The van der Waals surface area contributed by atoms with Gasteiger partial charge in [0, 0.05) is 70.5 Å². The number of benzene rings is 6. The average molecular weight is 1220 g/mol. The maximum absolute atomic E-state index is 16.3. The van der Waals surface area contributed by atoms with Crippen LogP contribution in [0.3, 0.4) is 0 Å². The van der Waals surface area contributed by atoms with Crippen molar-refractivity contribution in [2.24, 2.45) is 11.8 Å². The number of hydrogen-bond donors (Lipinski definition) is 0. The zero-order chi connectivity index (χ0) is 59.9. The standard InChI is InChI=1S/C66H48Cl2F6N6O7/c67-43-11-7-39(47(69)21-43)31-85-61-5-1-3-53(77-61)45-23-49(71)41(15-51(45)73)19-59-75-55-13-9-37(17-57(55)79(59)65-25-35(26-65)29-83-33-65)63(81)87-64(82)38-10-14-56-58(18-38)80(66-27-36(28-66)30-84-34-66)60(76-56)20-42-16-52(74)46(24-50(42)72)54-4-2-6-62(78-54)86-32-40-8-12-44(68)22-48(40)70/h1-18,21-24,35-36H,19-20,25-34H2. The highest BCUT2D eigenvalue weighted by Gasteiger charge is 2.52. The van der Waals surface area contributed by atoms with Gasteiger partial charge in [-0.1, -0.05) is 47.5 Å². The van der Waals surface area contributed by atoms with Gasteiger partial charge in [-0.2, -0.15) is 0 Å². The topological polar surface area (TPSA) is 142 Å². The molecule has 0 radical (unpaired) electrons. The van der Waals surface area contributed by atoms with Gasteiger partial charge in [-0.3, -0.25) is 0 Å². The maximum atomic E-state index is 16.3. The van der Waals surface area contributed by atoms with Gasteiger partial charge in [-0.15, -0.1) is 0 Å². The van der Waals surface area contributed by atoms with E-state index in [9.17, 15) is 18.4 Å². The summed E-state index contributed by atoms with van der Waals surface area (Å²) in [4.78, 5) is 46.8. The predicted molar refractivity (Wildman–Crippen MR) is 309 cm³/mol. The second-order valence-corrected chi connectivity index (χ2v) is 23.7. The molecule has 16 rings (SSSR count). The lowest BCUT2D eigenvalue weighted by molar-refractivity contribution is -0.119. The van der Waals surface area contributed by atoms with Crippen molar-refractivity contribution >= 4 is 57.2 Å². The molecule has 10 aromatic rings. The summed E-state index contributed by atoms with van der Waals surface area (Å²) in [5.41, 5.74) is 1.20. The number of aromatic nitrogens is 6. The summed E-state index contributed by atoms with van der Waals surface area (Å²) in [5, 5.41) is 0.458. The molecule has 2 aliphatic carbocycles. The number of esters is 2. The quantitative estimate of drug-likeness (QED) is 0.0518. The summed E-state index contributed by atoms with van der Waals surface area (Å²) < 4.78 is 127. The molecular formula is C66H48Cl2F6N6O7. The Hall–Kier alpha value is -8.62. The summed E-state index contributed by atoms with van der Waals surface area (Å²) in [6.45, 7) is 1.42. The Kier molecular flexibility index (Phi) is 14.4. The van der Waals surface area contributed by atoms with Crippen molar-refractivity contribution in [2.45, 2.75) is 62.8 Å². The molecule has 4 aromatic heterocycles. The number of imidazole rings is 2. The largest absolute Gasteiger partial charge is 0.473 e. The molecule has 87 heavy (non-hydrogen) atoms. The summed E-state index contributed by atoms with van der Waals surface area (Å²) in [7, 11) is 0. The molecule has 21 heteroatoms. The van der Waals surface area contributed by atoms with E-state index < -0.39 is 57.9 Å². The Morgan fingerprint density at radius 1 is 0.494 bits per heavy atom. The highest BCUT2D eigenvalue weighted by atomic mass is 35.5. The molecule has 4 aliphatic heterocycles. The molecule has 4 bridgehead atoms. The third kappa shape index (κ3) is 10.6. The van der Waals surface area contributed by atoms with Crippen LogP contribution in [0.15, 0.2) is 133 Å². The highest BCUT2D eigenvalue weighted by molar-refractivity contribution is 6.30. The average Bonchev–Trinajstić information content (AvgIpc) is 1.72. The lowest BCUT2D eigenvalue weighted by atomic mass is 9.66. The maximum Gasteiger partial charge on any atom is 0.346 e. The van der Waals surface area contributed by atoms with Crippen LogP contribution in [0.4, 0.5) is 26.3 Å². The SMILES string of the molecule is O=C(OC(=O)c1ccc2nc(Cc3cc(F)c(-c4cccc(OCc5ccc(Cl)cc5F)n4)cc3F)n(C34COCC(C3)C4)c2c1)c1ccc2nc(Cc3cc(F)c(-c4cccc(OCc5ccc(Cl)cc5F)n4)cc3F)n(C34COCC(C3)C4)c2c1. The van der Waals surface area contributed by atoms with Gasteiger partial charge in [0.25, 0.3) is 0 Å². The molecule has 0 amide bonds. The number of pyridine rings is 2. The van der Waals surface area contributed by atoms with Crippen molar-refractivity contribution in [2.75, 3.05) is 26.4 Å². The number of carbonyl (C=O) groups excluding carboxylic acids is 2. The smallest absolute Gasteiger partial charge is 0.346 e. The van der Waals surface area contributed by atoms with E-state index >= 15 is 17.6 Å². The third-order valence-electron chi connectivity index (χ3n) is 16.9. The number of fused-ring (bicyclic) bond motifs is 6. The third-order valence-corrected chi connectivity index (χ3v) is 17.4. The van der Waals surface area contributed by atoms with E-state index in [1.165, 1.54) is 60.7 Å². The Morgan fingerprint density at radius 3 is 1.32 bits per heavy atom. The molecular weight excluding hydrogens is 1170 g/mol. The molecule has 2 saturated carbocycles. The fraction of sp³-hybridized carbons (Fsp3) is 0.242. The molecule has 0 N–H and O–H groups in total. The van der Waals surface area contributed by atoms with Gasteiger partial charge in [0.05, 0.1) is 68.9 Å². The minimum Gasteiger partial charge on any atom is -0.473 e. The van der Waals surface area contributed by atoms with Crippen molar-refractivity contribution in [3.8, 4) is 34.3 Å². The Balaban J connectivity index is 0.714. The zero-order valence-electron chi connectivity index (χ0n) is 45.9. The van der Waals surface area contributed by atoms with Crippen LogP contribution in [-0.2, 0) is 51.3 Å². The number of rotatable bonds is 16. The fourth-order valence-electron chi connectivity index (χ4n) is 12.9. The van der Waals surface area contributed by atoms with Crippen LogP contribution in [0.2, 0.25) is 10.0 Å². The summed E-state index contributed by atoms with van der Waals surface area (Å²) >= 11 is 11.8. The fourth-order valence-corrected chi connectivity index (χ4v) is 13.2. The van der Waals surface area contributed by atoms with Crippen molar-refractivity contribution < 1.29 is 59.6 Å². The van der Waals surface area contributed by atoms with Crippen molar-refractivity contribution in [1.82, 2.24) is 29.1 Å². The van der Waals surface area contributed by atoms with Crippen LogP contribution in [0.25, 0.3) is 44.6 Å². The number of ether oxygens (including phenoxy) is 5. The van der Waals surface area contributed by atoms with Gasteiger partial charge < -0.3 is 32.8 Å². The van der Waals surface area contributed by atoms with E-state index in [1.54, 1.807) is 36.4 Å². The molecule has 0 spiro atoms. The van der Waals surface area contributed by atoms with Gasteiger partial charge >= 0.3 is 11.9 Å². The minimum absolute atomic E-state index is 0.0107. The lowest BCUT2D eigenvalue weighted by Gasteiger charge is -2.53. The second-order valence-electron chi connectivity index (χ2n) is 22.8. The van der Waals surface area contributed by atoms with Gasteiger partial charge in [-0.05, 0) is 146 Å². The Labute approximate surface area is 502 Å². The normalized spacial score (nSPS) is 19.4. The van der Waals surface area contributed by atoms with Gasteiger partial charge in [-0.25, -0.2) is 55.9 Å². The van der Waals surface area contributed by atoms with Crippen LogP contribution in [-0.4, -0.2) is 67.4 Å². The number of nitrogens with zero attached hydrogens (tertiary/aromatic N) is 6. The van der Waals surface area contributed by atoms with Crippen molar-refractivity contribution in [1.29, 1.82) is 0 Å². The minimum atomic E-state index is -0.955. The molecule has 4 saturated heterocycles. The van der Waals surface area contributed by atoms with Crippen LogP contribution < -0.4 is 9.47 Å². The van der Waals surface area contributed by atoms with E-state index in [0.717, 1.165) is 62.1 Å². The van der Waals surface area contributed by atoms with Crippen molar-refractivity contribution in [3.05, 3.63) is 223 Å². The van der Waals surface area contributed by atoms with Crippen LogP contribution in [0.5, 0.6) is 11.8 Å². The van der Waals surface area contributed by atoms with E-state index in [1.807, 2.05) is 9.13 Å².